The lowest BCUT2D eigenvalue weighted by Crippen LogP contribution is -1.98. The SMILES string of the molecule is Cc1c(-c2nc(N)nc3cc[nH]c23)ccc(Cl)c1O. The molecule has 2 aromatic heterocycles. The maximum atomic E-state index is 9.92. The number of phenolic OH excluding ortho intramolecular Hbond substituents is 1. The number of fused-ring (bicyclic) bond motifs is 1. The third kappa shape index (κ3) is 1.79. The summed E-state index contributed by atoms with van der Waals surface area (Å²) in [5, 5.41) is 10.2. The molecule has 0 aliphatic carbocycles. The molecule has 4 N–H and O–H groups in total. The van der Waals surface area contributed by atoms with Crippen molar-refractivity contribution in [3.63, 3.8) is 0 Å². The number of aromatic nitrogens is 3. The number of hydrogen-bond donors (Lipinski definition) is 3. The number of hydrogen-bond acceptors (Lipinski definition) is 4. The van der Waals surface area contributed by atoms with Gasteiger partial charge in [-0.1, -0.05) is 17.7 Å². The van der Waals surface area contributed by atoms with Crippen molar-refractivity contribution in [3.8, 4) is 17.0 Å². The van der Waals surface area contributed by atoms with Crippen molar-refractivity contribution in [2.75, 3.05) is 5.73 Å². The highest BCUT2D eigenvalue weighted by atomic mass is 35.5. The van der Waals surface area contributed by atoms with Crippen LogP contribution in [0.4, 0.5) is 5.95 Å². The van der Waals surface area contributed by atoms with Gasteiger partial charge in [0.2, 0.25) is 5.95 Å². The van der Waals surface area contributed by atoms with E-state index in [1.807, 2.05) is 6.07 Å². The van der Waals surface area contributed by atoms with Gasteiger partial charge in [-0.15, -0.1) is 0 Å². The monoisotopic (exact) mass is 274 g/mol. The first kappa shape index (κ1) is 11.8. The normalized spacial score (nSPS) is 11.1. The van der Waals surface area contributed by atoms with Gasteiger partial charge in [-0.05, 0) is 19.1 Å². The predicted octanol–water partition coefficient (Wildman–Crippen LogP) is 2.87. The quantitative estimate of drug-likeness (QED) is 0.637. The number of aromatic amines is 1. The molecule has 0 aliphatic heterocycles. The largest absolute Gasteiger partial charge is 0.506 e. The number of anilines is 1. The highest BCUT2D eigenvalue weighted by Gasteiger charge is 2.15. The van der Waals surface area contributed by atoms with Crippen LogP contribution in [0, 0.1) is 6.92 Å². The van der Waals surface area contributed by atoms with E-state index >= 15 is 0 Å². The van der Waals surface area contributed by atoms with Gasteiger partial charge < -0.3 is 15.8 Å². The topological polar surface area (TPSA) is 87.8 Å². The minimum absolute atomic E-state index is 0.0519. The van der Waals surface area contributed by atoms with Crippen LogP contribution in [0.3, 0.4) is 0 Å². The van der Waals surface area contributed by atoms with Crippen LogP contribution in [0.2, 0.25) is 5.02 Å². The Morgan fingerprint density at radius 2 is 2.05 bits per heavy atom. The van der Waals surface area contributed by atoms with Crippen molar-refractivity contribution >= 4 is 28.6 Å². The third-order valence-corrected chi connectivity index (χ3v) is 3.37. The molecule has 19 heavy (non-hydrogen) atoms. The summed E-state index contributed by atoms with van der Waals surface area (Å²) >= 11 is 5.89. The average Bonchev–Trinajstić information content (AvgIpc) is 2.83. The number of nitrogen functional groups attached to an aromatic ring is 1. The van der Waals surface area contributed by atoms with Crippen molar-refractivity contribution < 1.29 is 5.11 Å². The fourth-order valence-corrected chi connectivity index (χ4v) is 2.29. The van der Waals surface area contributed by atoms with E-state index in [1.54, 1.807) is 25.3 Å². The van der Waals surface area contributed by atoms with E-state index in [1.165, 1.54) is 0 Å². The molecule has 96 valence electrons. The number of halogens is 1. The van der Waals surface area contributed by atoms with Crippen LogP contribution in [-0.2, 0) is 0 Å². The van der Waals surface area contributed by atoms with Gasteiger partial charge >= 0.3 is 0 Å². The van der Waals surface area contributed by atoms with Gasteiger partial charge in [0.15, 0.2) is 0 Å². The van der Waals surface area contributed by atoms with E-state index in [9.17, 15) is 5.11 Å². The summed E-state index contributed by atoms with van der Waals surface area (Å²) in [7, 11) is 0. The molecule has 0 unspecified atom stereocenters. The van der Waals surface area contributed by atoms with E-state index in [0.29, 0.717) is 16.3 Å². The van der Waals surface area contributed by atoms with Crippen LogP contribution in [0.15, 0.2) is 24.4 Å². The fraction of sp³-hybridized carbons (Fsp3) is 0.0769. The molecule has 0 spiro atoms. The Bertz CT molecular complexity index is 782. The molecule has 0 aliphatic rings. The lowest BCUT2D eigenvalue weighted by atomic mass is 10.0. The zero-order chi connectivity index (χ0) is 13.6. The van der Waals surface area contributed by atoms with Gasteiger partial charge in [0.1, 0.15) is 11.4 Å². The van der Waals surface area contributed by atoms with E-state index < -0.39 is 0 Å². The number of rotatable bonds is 1. The Morgan fingerprint density at radius 1 is 1.26 bits per heavy atom. The van der Waals surface area contributed by atoms with Crippen molar-refractivity contribution in [3.05, 3.63) is 35.0 Å². The molecule has 0 saturated carbocycles. The van der Waals surface area contributed by atoms with Crippen LogP contribution >= 0.6 is 11.6 Å². The van der Waals surface area contributed by atoms with Crippen molar-refractivity contribution in [1.82, 2.24) is 15.0 Å². The van der Waals surface area contributed by atoms with E-state index in [-0.39, 0.29) is 11.7 Å². The number of aromatic hydroxyl groups is 1. The van der Waals surface area contributed by atoms with E-state index in [4.69, 9.17) is 17.3 Å². The van der Waals surface area contributed by atoms with Crippen LogP contribution in [0.1, 0.15) is 5.56 Å². The number of phenols is 1. The molecule has 3 aromatic rings. The molecule has 0 atom stereocenters. The third-order valence-electron chi connectivity index (χ3n) is 3.06. The Labute approximate surface area is 114 Å². The number of nitrogens with zero attached hydrogens (tertiary/aromatic N) is 2. The summed E-state index contributed by atoms with van der Waals surface area (Å²) in [5.41, 5.74) is 9.30. The smallest absolute Gasteiger partial charge is 0.221 e. The maximum absolute atomic E-state index is 9.92. The summed E-state index contributed by atoms with van der Waals surface area (Å²) in [6, 6.07) is 5.26. The summed E-state index contributed by atoms with van der Waals surface area (Å²) in [6.45, 7) is 1.78. The van der Waals surface area contributed by atoms with Crippen molar-refractivity contribution in [2.45, 2.75) is 6.92 Å². The van der Waals surface area contributed by atoms with Crippen molar-refractivity contribution in [2.24, 2.45) is 0 Å². The van der Waals surface area contributed by atoms with E-state index in [2.05, 4.69) is 15.0 Å². The minimum atomic E-state index is 0.0519. The van der Waals surface area contributed by atoms with Crippen LogP contribution < -0.4 is 5.73 Å². The molecule has 0 fully saturated rings. The highest BCUT2D eigenvalue weighted by molar-refractivity contribution is 6.32. The summed E-state index contributed by atoms with van der Waals surface area (Å²) in [5.74, 6) is 0.243. The predicted molar refractivity (Wildman–Crippen MR) is 75.1 cm³/mol. The first-order valence-corrected chi connectivity index (χ1v) is 6.05. The lowest BCUT2D eigenvalue weighted by molar-refractivity contribution is 0.471. The molecular weight excluding hydrogens is 264 g/mol. The molecule has 3 rings (SSSR count). The van der Waals surface area contributed by atoms with Crippen LogP contribution in [0.25, 0.3) is 22.3 Å². The molecule has 0 amide bonds. The van der Waals surface area contributed by atoms with Gasteiger partial charge in [-0.25, -0.2) is 9.97 Å². The second-order valence-electron chi connectivity index (χ2n) is 4.24. The molecule has 5 nitrogen and oxygen atoms in total. The summed E-state index contributed by atoms with van der Waals surface area (Å²) in [4.78, 5) is 11.5. The van der Waals surface area contributed by atoms with Crippen molar-refractivity contribution in [1.29, 1.82) is 0 Å². The lowest BCUT2D eigenvalue weighted by Gasteiger charge is -2.09. The summed E-state index contributed by atoms with van der Waals surface area (Å²) in [6.07, 6.45) is 1.77. The highest BCUT2D eigenvalue weighted by Crippen LogP contribution is 2.36. The number of nitrogens with two attached hydrogens (primary N) is 1. The first-order valence-electron chi connectivity index (χ1n) is 5.67. The van der Waals surface area contributed by atoms with Crippen LogP contribution in [-0.4, -0.2) is 20.1 Å². The molecule has 0 saturated heterocycles. The summed E-state index contributed by atoms with van der Waals surface area (Å²) < 4.78 is 0. The molecule has 6 heteroatoms. The second kappa shape index (κ2) is 4.13. The molecule has 0 bridgehead atoms. The Morgan fingerprint density at radius 3 is 2.84 bits per heavy atom. The fourth-order valence-electron chi connectivity index (χ4n) is 2.08. The van der Waals surface area contributed by atoms with Gasteiger partial charge in [0, 0.05) is 17.3 Å². The van der Waals surface area contributed by atoms with Gasteiger partial charge in [-0.2, -0.15) is 0 Å². The Hall–Kier alpha value is -2.27. The van der Waals surface area contributed by atoms with Gasteiger partial charge in [0.25, 0.3) is 0 Å². The minimum Gasteiger partial charge on any atom is -0.506 e. The Balaban J connectivity index is 2.36. The van der Waals surface area contributed by atoms with Gasteiger partial charge in [-0.3, -0.25) is 0 Å². The standard InChI is InChI=1S/C13H11ClN4O/c1-6-7(2-3-8(14)12(6)19)10-11-9(4-5-16-11)17-13(15)18-10/h2-5,16,19H,1H3,(H2,15,17,18). The van der Waals surface area contributed by atoms with Gasteiger partial charge in [0.05, 0.1) is 16.1 Å². The van der Waals surface area contributed by atoms with E-state index in [0.717, 1.165) is 16.6 Å². The zero-order valence-electron chi connectivity index (χ0n) is 10.1. The number of nitrogens with one attached hydrogen (secondary N) is 1. The molecular formula is C13H11ClN4O. The maximum Gasteiger partial charge on any atom is 0.221 e. The molecule has 1 aromatic carbocycles. The molecule has 0 radical (unpaired) electrons. The Kier molecular flexibility index (Phi) is 2.57. The number of benzene rings is 1. The molecule has 2 heterocycles. The number of H-pyrrole nitrogens is 1. The second-order valence-corrected chi connectivity index (χ2v) is 4.64. The van der Waals surface area contributed by atoms with Crippen LogP contribution in [0.5, 0.6) is 5.75 Å². The first-order chi connectivity index (χ1) is 9.08. The average molecular weight is 275 g/mol. The zero-order valence-corrected chi connectivity index (χ0v) is 10.9.